The van der Waals surface area contributed by atoms with Gasteiger partial charge in [0.1, 0.15) is 12.2 Å². The second-order valence-electron chi connectivity index (χ2n) is 10.0. The number of ketones is 1. The maximum atomic E-state index is 12.8. The van der Waals surface area contributed by atoms with Gasteiger partial charge >= 0.3 is 0 Å². The molecule has 0 spiro atoms. The minimum atomic E-state index is -1.01. The van der Waals surface area contributed by atoms with Gasteiger partial charge in [0.05, 0.1) is 36.3 Å². The van der Waals surface area contributed by atoms with Gasteiger partial charge in [0.15, 0.2) is 17.3 Å². The number of rotatable bonds is 8. The van der Waals surface area contributed by atoms with E-state index in [1.54, 1.807) is 13.8 Å². The lowest BCUT2D eigenvalue weighted by Crippen LogP contribution is -2.57. The van der Waals surface area contributed by atoms with E-state index in [9.17, 15) is 30.0 Å². The van der Waals surface area contributed by atoms with E-state index in [4.69, 9.17) is 14.2 Å². The van der Waals surface area contributed by atoms with Crippen molar-refractivity contribution < 1.29 is 44.2 Å². The summed E-state index contributed by atoms with van der Waals surface area (Å²) in [5.41, 5.74) is 0.406. The average Bonchev–Trinajstić information content (AvgIpc) is 2.77. The molecule has 1 aromatic rings. The van der Waals surface area contributed by atoms with Crippen LogP contribution in [0.1, 0.15) is 69.8 Å². The highest BCUT2D eigenvalue weighted by Gasteiger charge is 2.39. The Bertz CT molecular complexity index is 932. The van der Waals surface area contributed by atoms with Gasteiger partial charge in [-0.05, 0) is 37.8 Å². The second-order valence-corrected chi connectivity index (χ2v) is 10.0. The smallest absolute Gasteiger partial charge is 0.225 e. The summed E-state index contributed by atoms with van der Waals surface area (Å²) in [6, 6.07) is 0.656. The van der Waals surface area contributed by atoms with E-state index < -0.39 is 55.2 Å². The number of Topliss-reactive ketones (excluding diaryl/α,β-unsaturated/α-hetero) is 1. The lowest BCUT2D eigenvalue weighted by atomic mass is 9.92. The van der Waals surface area contributed by atoms with Crippen molar-refractivity contribution in [3.05, 3.63) is 17.2 Å². The highest BCUT2D eigenvalue weighted by Crippen LogP contribution is 2.46. The summed E-state index contributed by atoms with van der Waals surface area (Å²) in [4.78, 5) is 25.2. The van der Waals surface area contributed by atoms with E-state index >= 15 is 0 Å². The zero-order valence-electron chi connectivity index (χ0n) is 20.9. The number of aliphatic hydroxyl groups excluding tert-OH is 3. The van der Waals surface area contributed by atoms with Gasteiger partial charge < -0.3 is 40.0 Å². The fourth-order valence-corrected chi connectivity index (χ4v) is 4.43. The van der Waals surface area contributed by atoms with Crippen LogP contribution in [-0.4, -0.2) is 68.9 Å². The molecule has 2 aliphatic heterocycles. The summed E-state index contributed by atoms with van der Waals surface area (Å²) in [5, 5.41) is 43.8. The molecule has 1 aromatic carbocycles. The van der Waals surface area contributed by atoms with Crippen LogP contribution in [0.15, 0.2) is 6.07 Å². The van der Waals surface area contributed by atoms with Crippen molar-refractivity contribution in [2.45, 2.75) is 97.2 Å². The number of ether oxygens (including phenoxy) is 3. The number of amides is 1. The number of fused-ring (bicyclic) bond motifs is 1. The van der Waals surface area contributed by atoms with Gasteiger partial charge in [-0.1, -0.05) is 20.8 Å². The van der Waals surface area contributed by atoms with Crippen LogP contribution in [0.25, 0.3) is 0 Å². The third-order valence-corrected chi connectivity index (χ3v) is 6.61. The standard InChI is InChI=1S/C25H37NO9/c1-11(2)6-16-8-18(29)21-15(10-27)7-19(23(31)24(21)34-16)35-20-9-17(22(30)14(5)33-20)26-25(32)12(3)13(4)28/h7,11-14,16-17,20,22,27-28,30-31H,6,8-10H2,1-5H3,(H,26,32)/t12-,13+,14?,16?,17?,20?,22?/m1/s1. The highest BCUT2D eigenvalue weighted by molar-refractivity contribution is 6.02. The SMILES string of the molecule is CC(C)CC1CC(=O)c2c(CO)cc(OC3CC(NC(=O)[C@H](C)[C@H](C)O)C(O)C(C)O3)c(O)c2O1. The number of hydrogen-bond acceptors (Lipinski definition) is 9. The summed E-state index contributed by atoms with van der Waals surface area (Å²) >= 11 is 0. The molecule has 3 rings (SSSR count). The molecular weight excluding hydrogens is 458 g/mol. The van der Waals surface area contributed by atoms with Crippen LogP contribution in [0, 0.1) is 11.8 Å². The van der Waals surface area contributed by atoms with Crippen molar-refractivity contribution in [2.24, 2.45) is 11.8 Å². The number of benzene rings is 1. The largest absolute Gasteiger partial charge is 0.502 e. The molecule has 10 heteroatoms. The molecule has 2 heterocycles. The first-order valence-electron chi connectivity index (χ1n) is 12.1. The quantitative estimate of drug-likeness (QED) is 0.362. The van der Waals surface area contributed by atoms with Gasteiger partial charge in [-0.3, -0.25) is 9.59 Å². The molecule has 0 bridgehead atoms. The van der Waals surface area contributed by atoms with Crippen molar-refractivity contribution in [1.82, 2.24) is 5.32 Å². The van der Waals surface area contributed by atoms with Crippen molar-refractivity contribution in [1.29, 1.82) is 0 Å². The third-order valence-electron chi connectivity index (χ3n) is 6.61. The van der Waals surface area contributed by atoms with Crippen LogP contribution in [0.2, 0.25) is 0 Å². The van der Waals surface area contributed by atoms with E-state index in [0.717, 1.165) is 0 Å². The van der Waals surface area contributed by atoms with Crippen molar-refractivity contribution >= 4 is 11.7 Å². The molecule has 10 nitrogen and oxygen atoms in total. The number of hydrogen-bond donors (Lipinski definition) is 5. The molecule has 0 radical (unpaired) electrons. The molecule has 5 unspecified atom stereocenters. The zero-order valence-corrected chi connectivity index (χ0v) is 20.9. The van der Waals surface area contributed by atoms with Crippen LogP contribution < -0.4 is 14.8 Å². The molecule has 1 fully saturated rings. The number of phenolic OH excluding ortho intramolecular Hbond substituents is 1. The molecule has 1 amide bonds. The van der Waals surface area contributed by atoms with Gasteiger partial charge in [-0.2, -0.15) is 0 Å². The average molecular weight is 496 g/mol. The second kappa shape index (κ2) is 11.1. The zero-order chi connectivity index (χ0) is 26.0. The van der Waals surface area contributed by atoms with Crippen LogP contribution in [-0.2, 0) is 16.1 Å². The normalized spacial score (nSPS) is 28.1. The fraction of sp³-hybridized carbons (Fsp3) is 0.680. The molecule has 196 valence electrons. The Morgan fingerprint density at radius 3 is 2.57 bits per heavy atom. The maximum Gasteiger partial charge on any atom is 0.225 e. The Hall–Kier alpha value is -2.40. The number of carbonyl (C=O) groups is 2. The Morgan fingerprint density at radius 1 is 1.29 bits per heavy atom. The lowest BCUT2D eigenvalue weighted by molar-refractivity contribution is -0.192. The van der Waals surface area contributed by atoms with Gasteiger partial charge in [0.2, 0.25) is 17.9 Å². The first kappa shape index (κ1) is 27.2. The summed E-state index contributed by atoms with van der Waals surface area (Å²) in [6.45, 7) is 8.28. The Morgan fingerprint density at radius 2 is 1.97 bits per heavy atom. The first-order chi connectivity index (χ1) is 16.4. The van der Waals surface area contributed by atoms with Gasteiger partial charge in [0, 0.05) is 12.8 Å². The van der Waals surface area contributed by atoms with Crippen LogP contribution in [0.5, 0.6) is 17.2 Å². The highest BCUT2D eigenvalue weighted by atomic mass is 16.7. The van der Waals surface area contributed by atoms with E-state index in [1.165, 1.54) is 13.0 Å². The molecule has 0 saturated carbocycles. The lowest BCUT2D eigenvalue weighted by Gasteiger charge is -2.38. The fourth-order valence-electron chi connectivity index (χ4n) is 4.43. The summed E-state index contributed by atoms with van der Waals surface area (Å²) in [5.74, 6) is -1.47. The van der Waals surface area contributed by atoms with E-state index in [-0.39, 0.29) is 52.9 Å². The molecule has 35 heavy (non-hydrogen) atoms. The number of carbonyl (C=O) groups excluding carboxylic acids is 2. The maximum absolute atomic E-state index is 12.8. The monoisotopic (exact) mass is 495 g/mol. The Kier molecular flexibility index (Phi) is 8.63. The van der Waals surface area contributed by atoms with Gasteiger partial charge in [-0.15, -0.1) is 0 Å². The molecule has 5 N–H and O–H groups in total. The topological polar surface area (TPSA) is 155 Å². The Labute approximate surface area is 205 Å². The van der Waals surface area contributed by atoms with Gasteiger partial charge in [0.25, 0.3) is 0 Å². The van der Waals surface area contributed by atoms with Crippen LogP contribution in [0.3, 0.4) is 0 Å². The van der Waals surface area contributed by atoms with Crippen molar-refractivity contribution in [3.8, 4) is 17.2 Å². The summed E-state index contributed by atoms with van der Waals surface area (Å²) in [7, 11) is 0. The minimum Gasteiger partial charge on any atom is -0.502 e. The third kappa shape index (κ3) is 6.06. The molecule has 0 aromatic heterocycles. The predicted molar refractivity (Wildman–Crippen MR) is 125 cm³/mol. The van der Waals surface area contributed by atoms with E-state index in [0.29, 0.717) is 6.42 Å². The van der Waals surface area contributed by atoms with E-state index in [2.05, 4.69) is 5.32 Å². The number of aliphatic hydroxyl groups is 3. The molecule has 0 aliphatic carbocycles. The van der Waals surface area contributed by atoms with E-state index in [1.807, 2.05) is 13.8 Å². The van der Waals surface area contributed by atoms with Crippen LogP contribution in [0.4, 0.5) is 0 Å². The van der Waals surface area contributed by atoms with Gasteiger partial charge in [-0.25, -0.2) is 0 Å². The first-order valence-corrected chi connectivity index (χ1v) is 12.1. The number of nitrogens with one attached hydrogen (secondary N) is 1. The molecule has 1 saturated heterocycles. The van der Waals surface area contributed by atoms with Crippen molar-refractivity contribution in [3.63, 3.8) is 0 Å². The summed E-state index contributed by atoms with van der Waals surface area (Å²) < 4.78 is 17.6. The molecule has 7 atom stereocenters. The summed E-state index contributed by atoms with van der Waals surface area (Å²) in [6.07, 6.45) is -3.09. The minimum absolute atomic E-state index is 0.0204. The van der Waals surface area contributed by atoms with Crippen molar-refractivity contribution in [2.75, 3.05) is 0 Å². The Balaban J connectivity index is 1.84. The number of aromatic hydroxyl groups is 1. The van der Waals surface area contributed by atoms with Crippen LogP contribution >= 0.6 is 0 Å². The molecule has 2 aliphatic rings. The number of phenols is 1. The predicted octanol–water partition coefficient (Wildman–Crippen LogP) is 1.64. The molecular formula is C25H37NO9.